The quantitative estimate of drug-likeness (QED) is 0.924. The van der Waals surface area contributed by atoms with E-state index in [1.165, 1.54) is 37.7 Å². The van der Waals surface area contributed by atoms with Gasteiger partial charge in [0, 0.05) is 0 Å². The number of hydrogen-bond acceptors (Lipinski definition) is 3. The van der Waals surface area contributed by atoms with Gasteiger partial charge in [0.15, 0.2) is 0 Å². The molecule has 1 aromatic rings. The lowest BCUT2D eigenvalue weighted by atomic mass is 9.98. The molecule has 1 aromatic carbocycles. The molecule has 114 valence electrons. The van der Waals surface area contributed by atoms with Crippen LogP contribution in [0.3, 0.4) is 0 Å². The Hall–Kier alpha value is -1.06. The summed E-state index contributed by atoms with van der Waals surface area (Å²) >= 11 is 0. The fourth-order valence-corrected chi connectivity index (χ4v) is 4.25. The van der Waals surface area contributed by atoms with Gasteiger partial charge in [-0.1, -0.05) is 18.9 Å². The number of hydrogen-bond donors (Lipinski definition) is 1. The summed E-state index contributed by atoms with van der Waals surface area (Å²) in [5.74, 6) is 0.916. The van der Waals surface area contributed by atoms with Crippen LogP contribution in [-0.2, 0) is 11.2 Å². The molecule has 1 saturated heterocycles. The molecule has 1 aliphatic heterocycles. The highest BCUT2D eigenvalue weighted by molar-refractivity contribution is 5.39. The van der Waals surface area contributed by atoms with E-state index < -0.39 is 0 Å². The summed E-state index contributed by atoms with van der Waals surface area (Å²) in [6, 6.07) is 6.08. The molecule has 21 heavy (non-hydrogen) atoms. The first-order chi connectivity index (χ1) is 10.2. The third-order valence-electron chi connectivity index (χ3n) is 5.45. The summed E-state index contributed by atoms with van der Waals surface area (Å²) in [6.07, 6.45) is 9.21. The Labute approximate surface area is 126 Å². The Kier molecular flexibility index (Phi) is 3.43. The number of aliphatic hydroxyl groups is 1. The molecule has 1 heterocycles. The largest absolute Gasteiger partial charge is 0.491 e. The maximum Gasteiger partial charge on any atom is 0.119 e. The molecule has 2 atom stereocenters. The van der Waals surface area contributed by atoms with E-state index >= 15 is 0 Å². The van der Waals surface area contributed by atoms with Gasteiger partial charge in [0.1, 0.15) is 12.4 Å². The fourth-order valence-electron chi connectivity index (χ4n) is 4.25. The van der Waals surface area contributed by atoms with Crippen LogP contribution in [0.15, 0.2) is 18.2 Å². The lowest BCUT2D eigenvalue weighted by molar-refractivity contribution is -0.0508. The first-order valence-corrected chi connectivity index (χ1v) is 8.36. The Morgan fingerprint density at radius 2 is 2.05 bits per heavy atom. The minimum absolute atomic E-state index is 0.191. The van der Waals surface area contributed by atoms with Gasteiger partial charge < -0.3 is 14.6 Å². The zero-order valence-corrected chi connectivity index (χ0v) is 12.5. The summed E-state index contributed by atoms with van der Waals surface area (Å²) in [5, 5.41) is 9.83. The average Bonchev–Trinajstić information content (AvgIpc) is 3.20. The van der Waals surface area contributed by atoms with Crippen LogP contribution >= 0.6 is 0 Å². The molecular formula is C18H24O3. The molecule has 3 heteroatoms. The van der Waals surface area contributed by atoms with E-state index in [1.54, 1.807) is 0 Å². The Morgan fingerprint density at radius 1 is 1.19 bits per heavy atom. The minimum Gasteiger partial charge on any atom is -0.491 e. The van der Waals surface area contributed by atoms with E-state index in [2.05, 4.69) is 6.07 Å². The molecule has 3 nitrogen and oxygen atoms in total. The molecule has 2 fully saturated rings. The Morgan fingerprint density at radius 3 is 2.90 bits per heavy atom. The first kappa shape index (κ1) is 13.6. The van der Waals surface area contributed by atoms with Crippen molar-refractivity contribution in [3.05, 3.63) is 29.3 Å². The van der Waals surface area contributed by atoms with Crippen molar-refractivity contribution in [3.8, 4) is 5.75 Å². The normalized spacial score (nSPS) is 30.0. The molecule has 1 unspecified atom stereocenters. The van der Waals surface area contributed by atoms with Crippen molar-refractivity contribution in [2.24, 2.45) is 0 Å². The van der Waals surface area contributed by atoms with E-state index in [0.717, 1.165) is 30.6 Å². The molecule has 2 aliphatic carbocycles. The van der Waals surface area contributed by atoms with Crippen LogP contribution in [0, 0.1) is 0 Å². The van der Waals surface area contributed by atoms with Crippen molar-refractivity contribution in [3.63, 3.8) is 0 Å². The van der Waals surface area contributed by atoms with Gasteiger partial charge in [0.2, 0.25) is 0 Å². The van der Waals surface area contributed by atoms with Crippen LogP contribution in [-0.4, -0.2) is 23.4 Å². The molecular weight excluding hydrogens is 264 g/mol. The Balaban J connectivity index is 1.35. The van der Waals surface area contributed by atoms with Crippen LogP contribution in [0.4, 0.5) is 0 Å². The highest BCUT2D eigenvalue weighted by Crippen LogP contribution is 2.43. The van der Waals surface area contributed by atoms with E-state index in [1.807, 2.05) is 12.1 Å². The average molecular weight is 288 g/mol. The number of fused-ring (bicyclic) bond motifs is 1. The summed E-state index contributed by atoms with van der Waals surface area (Å²) in [5.41, 5.74) is 2.50. The van der Waals surface area contributed by atoms with Crippen molar-refractivity contribution in [2.75, 3.05) is 6.61 Å². The van der Waals surface area contributed by atoms with Crippen LogP contribution in [0.25, 0.3) is 0 Å². The summed E-state index contributed by atoms with van der Waals surface area (Å²) < 4.78 is 12.2. The third-order valence-corrected chi connectivity index (χ3v) is 5.45. The second kappa shape index (κ2) is 5.29. The van der Waals surface area contributed by atoms with Crippen LogP contribution < -0.4 is 4.74 Å². The van der Waals surface area contributed by atoms with Crippen LogP contribution in [0.5, 0.6) is 5.75 Å². The summed E-state index contributed by atoms with van der Waals surface area (Å²) in [4.78, 5) is 0. The molecule has 1 N–H and O–H groups in total. The van der Waals surface area contributed by atoms with Gasteiger partial charge in [0.05, 0.1) is 17.8 Å². The topological polar surface area (TPSA) is 38.7 Å². The molecule has 0 bridgehead atoms. The van der Waals surface area contributed by atoms with Gasteiger partial charge in [-0.3, -0.25) is 0 Å². The SMILES string of the molecule is O[C@H]1CCc2cc(OCC3CCC4(CCCC4)O3)ccc21. The highest BCUT2D eigenvalue weighted by atomic mass is 16.6. The van der Waals surface area contributed by atoms with Gasteiger partial charge in [-0.2, -0.15) is 0 Å². The molecule has 1 saturated carbocycles. The number of aryl methyl sites for hydroxylation is 1. The van der Waals surface area contributed by atoms with Gasteiger partial charge in [-0.25, -0.2) is 0 Å². The molecule has 0 radical (unpaired) electrons. The fraction of sp³-hybridized carbons (Fsp3) is 0.667. The zero-order chi connectivity index (χ0) is 14.3. The maximum absolute atomic E-state index is 9.83. The minimum atomic E-state index is -0.283. The predicted octanol–water partition coefficient (Wildman–Crippen LogP) is 3.54. The van der Waals surface area contributed by atoms with E-state index in [4.69, 9.17) is 9.47 Å². The first-order valence-electron chi connectivity index (χ1n) is 8.36. The van der Waals surface area contributed by atoms with Crippen LogP contribution in [0.1, 0.15) is 62.2 Å². The van der Waals surface area contributed by atoms with Crippen molar-refractivity contribution in [2.45, 2.75) is 69.2 Å². The van der Waals surface area contributed by atoms with Crippen molar-refractivity contribution < 1.29 is 14.6 Å². The number of benzene rings is 1. The third kappa shape index (κ3) is 2.58. The molecule has 3 aliphatic rings. The molecule has 0 aromatic heterocycles. The smallest absolute Gasteiger partial charge is 0.119 e. The standard InChI is InChI=1S/C18H24O3/c19-17-6-3-13-11-14(4-5-16(13)17)20-12-15-7-10-18(21-15)8-1-2-9-18/h4-5,11,15,17,19H,1-3,6-10,12H2/t15?,17-/m0/s1. The lowest BCUT2D eigenvalue weighted by Gasteiger charge is -2.23. The number of ether oxygens (including phenoxy) is 2. The summed E-state index contributed by atoms with van der Waals surface area (Å²) in [6.45, 7) is 0.656. The van der Waals surface area contributed by atoms with Gasteiger partial charge in [-0.05, 0) is 61.8 Å². The Bertz CT molecular complexity index is 519. The van der Waals surface area contributed by atoms with Crippen molar-refractivity contribution in [1.82, 2.24) is 0 Å². The van der Waals surface area contributed by atoms with Crippen LogP contribution in [0.2, 0.25) is 0 Å². The van der Waals surface area contributed by atoms with E-state index in [0.29, 0.717) is 6.61 Å². The second-order valence-electron chi connectivity index (χ2n) is 6.89. The van der Waals surface area contributed by atoms with E-state index in [-0.39, 0.29) is 17.8 Å². The van der Waals surface area contributed by atoms with Crippen molar-refractivity contribution >= 4 is 0 Å². The van der Waals surface area contributed by atoms with E-state index in [9.17, 15) is 5.11 Å². The van der Waals surface area contributed by atoms with Gasteiger partial charge >= 0.3 is 0 Å². The lowest BCUT2D eigenvalue weighted by Crippen LogP contribution is -2.27. The summed E-state index contributed by atoms with van der Waals surface area (Å²) in [7, 11) is 0. The maximum atomic E-state index is 9.83. The molecule has 0 amide bonds. The second-order valence-corrected chi connectivity index (χ2v) is 6.89. The van der Waals surface area contributed by atoms with Gasteiger partial charge in [0.25, 0.3) is 0 Å². The van der Waals surface area contributed by atoms with Crippen molar-refractivity contribution in [1.29, 1.82) is 0 Å². The van der Waals surface area contributed by atoms with Gasteiger partial charge in [-0.15, -0.1) is 0 Å². The number of rotatable bonds is 3. The monoisotopic (exact) mass is 288 g/mol. The molecule has 4 rings (SSSR count). The predicted molar refractivity (Wildman–Crippen MR) is 80.5 cm³/mol. The molecule has 1 spiro atoms. The zero-order valence-electron chi connectivity index (χ0n) is 12.5. The number of aliphatic hydroxyl groups excluding tert-OH is 1. The highest BCUT2D eigenvalue weighted by Gasteiger charge is 2.42.